The van der Waals surface area contributed by atoms with Gasteiger partial charge in [0.1, 0.15) is 0 Å². The average Bonchev–Trinajstić information content (AvgIpc) is 2.59. The summed E-state index contributed by atoms with van der Waals surface area (Å²) < 4.78 is 0.921. The van der Waals surface area contributed by atoms with E-state index in [0.717, 1.165) is 40.5 Å². The van der Waals surface area contributed by atoms with E-state index in [-0.39, 0.29) is 5.91 Å². The molecule has 23 heavy (non-hydrogen) atoms. The number of carbonyl (C=O) groups is 1. The molecule has 1 amide bonds. The zero-order valence-electron chi connectivity index (χ0n) is 13.3. The highest BCUT2D eigenvalue weighted by Gasteiger charge is 2.09. The first-order valence-electron chi connectivity index (χ1n) is 7.89. The molecule has 0 aliphatic rings. The Morgan fingerprint density at radius 1 is 1.04 bits per heavy atom. The summed E-state index contributed by atoms with van der Waals surface area (Å²) in [5, 5.41) is 4.40. The van der Waals surface area contributed by atoms with Crippen molar-refractivity contribution in [2.75, 3.05) is 0 Å². The van der Waals surface area contributed by atoms with Crippen molar-refractivity contribution in [3.8, 4) is 0 Å². The van der Waals surface area contributed by atoms with Crippen LogP contribution < -0.4 is 5.43 Å². The molecule has 2 rings (SSSR count). The molecule has 2 aromatic carbocycles. The third-order valence-corrected chi connectivity index (χ3v) is 4.48. The van der Waals surface area contributed by atoms with Crippen molar-refractivity contribution >= 4 is 34.2 Å². The normalized spacial score (nSPS) is 11.3. The van der Waals surface area contributed by atoms with Gasteiger partial charge in [-0.1, -0.05) is 62.2 Å². The van der Waals surface area contributed by atoms with Crippen LogP contribution in [0.25, 0.3) is 0 Å². The van der Waals surface area contributed by atoms with Crippen LogP contribution in [0.1, 0.15) is 48.5 Å². The van der Waals surface area contributed by atoms with E-state index in [4.69, 9.17) is 0 Å². The summed E-state index contributed by atoms with van der Waals surface area (Å²) in [6, 6.07) is 17.5. The number of unbranched alkanes of at least 4 members (excludes halogenated alkanes) is 2. The Balaban J connectivity index is 2.13. The molecule has 2 aromatic rings. The van der Waals surface area contributed by atoms with Gasteiger partial charge >= 0.3 is 0 Å². The number of halogens is 1. The Labute approximate surface area is 151 Å². The van der Waals surface area contributed by atoms with Crippen LogP contribution in [0.2, 0.25) is 0 Å². The summed E-state index contributed by atoms with van der Waals surface area (Å²) in [6.07, 6.45) is 4.26. The van der Waals surface area contributed by atoms with Crippen molar-refractivity contribution < 1.29 is 4.79 Å². The van der Waals surface area contributed by atoms with Crippen LogP contribution >= 0.6 is 22.6 Å². The van der Waals surface area contributed by atoms with Crippen LogP contribution in [-0.2, 0) is 0 Å². The first-order chi connectivity index (χ1) is 11.2. The molecule has 4 heteroatoms. The highest BCUT2D eigenvalue weighted by molar-refractivity contribution is 14.1. The lowest BCUT2D eigenvalue weighted by atomic mass is 10.0. The molecule has 1 N–H and O–H groups in total. The zero-order valence-corrected chi connectivity index (χ0v) is 15.4. The molecule has 0 bridgehead atoms. The standard InChI is InChI=1S/C19H21IN2O/c1-2-3-5-14-18(15-10-6-4-7-11-15)21-22-19(23)16-12-8-9-13-17(16)20/h4,6-13H,2-3,5,14H2,1H3,(H,22,23)/b21-18+. The Bertz CT molecular complexity index is 668. The predicted octanol–water partition coefficient (Wildman–Crippen LogP) is 5.01. The molecule has 0 spiro atoms. The molecule has 0 heterocycles. The second kappa shape index (κ2) is 9.45. The van der Waals surface area contributed by atoms with Crippen molar-refractivity contribution in [3.63, 3.8) is 0 Å². The molecule has 0 saturated heterocycles. The van der Waals surface area contributed by atoms with Gasteiger partial charge in [0, 0.05) is 3.57 Å². The lowest BCUT2D eigenvalue weighted by Gasteiger charge is -2.08. The molecule has 0 radical (unpaired) electrons. The van der Waals surface area contributed by atoms with Crippen molar-refractivity contribution in [3.05, 3.63) is 69.3 Å². The number of hydrogen-bond acceptors (Lipinski definition) is 2. The summed E-state index contributed by atoms with van der Waals surface area (Å²) >= 11 is 2.16. The van der Waals surface area contributed by atoms with Crippen LogP contribution in [0.5, 0.6) is 0 Å². The molecular weight excluding hydrogens is 399 g/mol. The smallest absolute Gasteiger partial charge is 0.267 e. The van der Waals surface area contributed by atoms with Crippen LogP contribution in [0, 0.1) is 3.57 Å². The van der Waals surface area contributed by atoms with Crippen LogP contribution in [0.4, 0.5) is 0 Å². The van der Waals surface area contributed by atoms with E-state index in [9.17, 15) is 4.79 Å². The van der Waals surface area contributed by atoms with Crippen molar-refractivity contribution in [1.29, 1.82) is 0 Å². The van der Waals surface area contributed by atoms with Crippen molar-refractivity contribution in [1.82, 2.24) is 5.43 Å². The monoisotopic (exact) mass is 420 g/mol. The predicted molar refractivity (Wildman–Crippen MR) is 104 cm³/mol. The second-order valence-corrected chi connectivity index (χ2v) is 6.46. The van der Waals surface area contributed by atoms with Crippen LogP contribution in [0.3, 0.4) is 0 Å². The molecule has 0 fully saturated rings. The minimum atomic E-state index is -0.168. The van der Waals surface area contributed by atoms with E-state index in [1.165, 1.54) is 0 Å². The molecule has 0 aromatic heterocycles. The molecule has 0 aliphatic heterocycles. The summed E-state index contributed by atoms with van der Waals surface area (Å²) in [6.45, 7) is 2.18. The topological polar surface area (TPSA) is 41.5 Å². The van der Waals surface area contributed by atoms with E-state index < -0.39 is 0 Å². The number of carbonyl (C=O) groups excluding carboxylic acids is 1. The second-order valence-electron chi connectivity index (χ2n) is 5.30. The Morgan fingerprint density at radius 3 is 2.43 bits per heavy atom. The van der Waals surface area contributed by atoms with E-state index >= 15 is 0 Å². The molecular formula is C19H21IN2O. The van der Waals surface area contributed by atoms with Crippen LogP contribution in [0.15, 0.2) is 59.7 Å². The lowest BCUT2D eigenvalue weighted by molar-refractivity contribution is 0.0954. The molecule has 120 valence electrons. The van der Waals surface area contributed by atoms with Gasteiger partial charge in [0.05, 0.1) is 11.3 Å². The number of hydrazone groups is 1. The summed E-state index contributed by atoms with van der Waals surface area (Å²) in [5.74, 6) is -0.168. The lowest BCUT2D eigenvalue weighted by Crippen LogP contribution is -2.21. The van der Waals surface area contributed by atoms with Gasteiger partial charge in [0.2, 0.25) is 0 Å². The van der Waals surface area contributed by atoms with Gasteiger partial charge in [-0.25, -0.2) is 5.43 Å². The Morgan fingerprint density at radius 2 is 1.74 bits per heavy atom. The third kappa shape index (κ3) is 5.46. The third-order valence-electron chi connectivity index (χ3n) is 3.54. The number of hydrogen-bond donors (Lipinski definition) is 1. The fourth-order valence-corrected chi connectivity index (χ4v) is 2.89. The Hall–Kier alpha value is -1.69. The Kier molecular flexibility index (Phi) is 7.26. The number of nitrogens with one attached hydrogen (secondary N) is 1. The fourth-order valence-electron chi connectivity index (χ4n) is 2.26. The molecule has 0 atom stereocenters. The molecule has 0 saturated carbocycles. The van der Waals surface area contributed by atoms with Crippen LogP contribution in [-0.4, -0.2) is 11.6 Å². The van der Waals surface area contributed by atoms with Crippen molar-refractivity contribution in [2.24, 2.45) is 5.10 Å². The highest BCUT2D eigenvalue weighted by Crippen LogP contribution is 2.12. The summed E-state index contributed by atoms with van der Waals surface area (Å²) in [4.78, 5) is 12.3. The van der Waals surface area contributed by atoms with Gasteiger partial charge in [-0.3, -0.25) is 4.79 Å². The van der Waals surface area contributed by atoms with Gasteiger partial charge in [-0.2, -0.15) is 5.10 Å². The maximum absolute atomic E-state index is 12.3. The minimum Gasteiger partial charge on any atom is -0.267 e. The SMILES string of the molecule is CCCCC/C(=N\NC(=O)c1ccccc1I)c1ccccc1. The van der Waals surface area contributed by atoms with E-state index in [2.05, 4.69) is 40.0 Å². The van der Waals surface area contributed by atoms with E-state index in [1.807, 2.05) is 54.6 Å². The van der Waals surface area contributed by atoms with Gasteiger partial charge in [0.15, 0.2) is 0 Å². The molecule has 3 nitrogen and oxygen atoms in total. The highest BCUT2D eigenvalue weighted by atomic mass is 127. The minimum absolute atomic E-state index is 0.168. The first-order valence-corrected chi connectivity index (χ1v) is 8.97. The quantitative estimate of drug-likeness (QED) is 0.291. The summed E-state index contributed by atoms with van der Waals surface area (Å²) in [5.41, 5.74) is 5.35. The maximum Gasteiger partial charge on any atom is 0.272 e. The average molecular weight is 420 g/mol. The number of nitrogens with zero attached hydrogens (tertiary/aromatic N) is 1. The number of amides is 1. The van der Waals surface area contributed by atoms with Gasteiger partial charge < -0.3 is 0 Å². The largest absolute Gasteiger partial charge is 0.272 e. The summed E-state index contributed by atoms with van der Waals surface area (Å²) in [7, 11) is 0. The van der Waals surface area contributed by atoms with E-state index in [1.54, 1.807) is 0 Å². The van der Waals surface area contributed by atoms with Gasteiger partial charge in [-0.05, 0) is 53.1 Å². The van der Waals surface area contributed by atoms with E-state index in [0.29, 0.717) is 5.56 Å². The fraction of sp³-hybridized carbons (Fsp3) is 0.263. The molecule has 0 aliphatic carbocycles. The zero-order chi connectivity index (χ0) is 16.5. The first kappa shape index (κ1) is 17.7. The molecule has 0 unspecified atom stereocenters. The number of benzene rings is 2. The number of rotatable bonds is 7. The van der Waals surface area contributed by atoms with Crippen molar-refractivity contribution in [2.45, 2.75) is 32.6 Å². The van der Waals surface area contributed by atoms with Gasteiger partial charge in [-0.15, -0.1) is 0 Å². The maximum atomic E-state index is 12.3. The van der Waals surface area contributed by atoms with Gasteiger partial charge in [0.25, 0.3) is 5.91 Å².